The van der Waals surface area contributed by atoms with Gasteiger partial charge in [-0.3, -0.25) is 10.1 Å². The molecule has 0 radical (unpaired) electrons. The number of nitrogens with zero attached hydrogens (tertiary/aromatic N) is 3. The number of nitrogens with one attached hydrogen (secondary N) is 1. The van der Waals surface area contributed by atoms with E-state index in [0.29, 0.717) is 17.3 Å². The predicted octanol–water partition coefficient (Wildman–Crippen LogP) is 3.39. The normalized spacial score (nSPS) is 10.3. The first-order valence-corrected chi connectivity index (χ1v) is 7.25. The lowest BCUT2D eigenvalue weighted by Gasteiger charge is -2.10. The van der Waals surface area contributed by atoms with Crippen LogP contribution < -0.4 is 14.8 Å². The van der Waals surface area contributed by atoms with E-state index in [1.165, 1.54) is 19.7 Å². The maximum Gasteiger partial charge on any atom is 0.373 e. The first-order valence-electron chi connectivity index (χ1n) is 7.25. The van der Waals surface area contributed by atoms with Crippen molar-refractivity contribution < 1.29 is 18.8 Å². The molecule has 9 nitrogen and oxygen atoms in total. The Hall–Kier alpha value is -3.62. The molecule has 0 aliphatic rings. The minimum Gasteiger partial charge on any atom is -0.493 e. The summed E-state index contributed by atoms with van der Waals surface area (Å²) in [6.07, 6.45) is 2.70. The fraction of sp³-hybridized carbons (Fsp3) is 0.125. The Balaban J connectivity index is 1.91. The minimum atomic E-state index is -0.602. The minimum absolute atomic E-state index is 0.0290. The molecule has 0 aliphatic carbocycles. The molecule has 0 unspecified atom stereocenters. The van der Waals surface area contributed by atoms with Crippen molar-refractivity contribution in [2.75, 3.05) is 12.4 Å². The lowest BCUT2D eigenvalue weighted by molar-refractivity contribution is -0.385. The number of benzene rings is 1. The molecule has 3 aromatic rings. The average Bonchev–Trinajstić information content (AvgIpc) is 3.14. The Labute approximate surface area is 142 Å². The monoisotopic (exact) mass is 342 g/mol. The maximum absolute atomic E-state index is 11.5. The Morgan fingerprint density at radius 3 is 2.68 bits per heavy atom. The molecule has 0 amide bonds. The summed E-state index contributed by atoms with van der Waals surface area (Å²) in [6.45, 7) is 0.235. The second-order valence-electron chi connectivity index (χ2n) is 4.82. The molecule has 0 saturated carbocycles. The van der Waals surface area contributed by atoms with Crippen molar-refractivity contribution in [2.45, 2.75) is 6.54 Å². The molecule has 3 rings (SSSR count). The highest BCUT2D eigenvalue weighted by Crippen LogP contribution is 2.37. The highest BCUT2D eigenvalue weighted by Gasteiger charge is 2.25. The number of para-hydroxylation sites is 2. The van der Waals surface area contributed by atoms with Gasteiger partial charge in [-0.2, -0.15) is 4.98 Å². The first kappa shape index (κ1) is 16.2. The van der Waals surface area contributed by atoms with E-state index < -0.39 is 4.92 Å². The van der Waals surface area contributed by atoms with E-state index >= 15 is 0 Å². The van der Waals surface area contributed by atoms with Gasteiger partial charge in [-0.15, -0.1) is 0 Å². The molecule has 0 fully saturated rings. The van der Waals surface area contributed by atoms with Crippen LogP contribution in [0.5, 0.6) is 17.4 Å². The number of hydrogen-bond donors (Lipinski definition) is 1. The van der Waals surface area contributed by atoms with Crippen LogP contribution in [0.4, 0.5) is 11.5 Å². The van der Waals surface area contributed by atoms with Crippen LogP contribution in [0.1, 0.15) is 5.76 Å². The van der Waals surface area contributed by atoms with Crippen molar-refractivity contribution in [1.29, 1.82) is 0 Å². The van der Waals surface area contributed by atoms with Crippen LogP contribution in [0.2, 0.25) is 0 Å². The van der Waals surface area contributed by atoms with E-state index in [1.54, 1.807) is 36.4 Å². The molecule has 0 saturated heterocycles. The molecule has 0 aliphatic heterocycles. The third-order valence-corrected chi connectivity index (χ3v) is 3.26. The summed E-state index contributed by atoms with van der Waals surface area (Å²) < 4.78 is 16.0. The molecule has 2 heterocycles. The van der Waals surface area contributed by atoms with Gasteiger partial charge in [-0.1, -0.05) is 12.1 Å². The Morgan fingerprint density at radius 1 is 1.20 bits per heavy atom. The van der Waals surface area contributed by atoms with Gasteiger partial charge in [0.15, 0.2) is 11.5 Å². The predicted molar refractivity (Wildman–Crippen MR) is 87.8 cm³/mol. The number of rotatable bonds is 7. The van der Waals surface area contributed by atoms with E-state index in [2.05, 4.69) is 15.3 Å². The van der Waals surface area contributed by atoms with Crippen LogP contribution in [-0.4, -0.2) is 22.0 Å². The van der Waals surface area contributed by atoms with E-state index in [9.17, 15) is 10.1 Å². The van der Waals surface area contributed by atoms with Gasteiger partial charge >= 0.3 is 11.6 Å². The summed E-state index contributed by atoms with van der Waals surface area (Å²) in [5.74, 6) is 1.19. The largest absolute Gasteiger partial charge is 0.493 e. The van der Waals surface area contributed by atoms with Crippen molar-refractivity contribution in [1.82, 2.24) is 9.97 Å². The third kappa shape index (κ3) is 3.66. The quantitative estimate of drug-likeness (QED) is 0.513. The van der Waals surface area contributed by atoms with E-state index in [4.69, 9.17) is 13.9 Å². The molecule has 128 valence electrons. The molecule has 0 spiro atoms. The second-order valence-corrected chi connectivity index (χ2v) is 4.82. The SMILES string of the molecule is COc1ccccc1Oc1ncnc(NCc2ccco2)c1[N+](=O)[O-]. The van der Waals surface area contributed by atoms with E-state index in [1.807, 2.05) is 0 Å². The van der Waals surface area contributed by atoms with Crippen molar-refractivity contribution in [3.63, 3.8) is 0 Å². The van der Waals surface area contributed by atoms with Gasteiger partial charge in [0.1, 0.15) is 12.1 Å². The van der Waals surface area contributed by atoms with Crippen LogP contribution in [0, 0.1) is 10.1 Å². The summed E-state index contributed by atoms with van der Waals surface area (Å²) in [7, 11) is 1.48. The maximum atomic E-state index is 11.5. The van der Waals surface area contributed by atoms with E-state index in [0.717, 1.165) is 0 Å². The summed E-state index contributed by atoms with van der Waals surface area (Å²) in [6, 6.07) is 10.3. The summed E-state index contributed by atoms with van der Waals surface area (Å²) in [5, 5.41) is 14.4. The zero-order valence-electron chi connectivity index (χ0n) is 13.2. The van der Waals surface area contributed by atoms with E-state index in [-0.39, 0.29) is 23.9 Å². The highest BCUT2D eigenvalue weighted by atomic mass is 16.6. The fourth-order valence-corrected chi connectivity index (χ4v) is 2.12. The summed E-state index contributed by atoms with van der Waals surface area (Å²) >= 11 is 0. The van der Waals surface area contributed by atoms with Crippen LogP contribution in [0.15, 0.2) is 53.4 Å². The molecule has 0 bridgehead atoms. The fourth-order valence-electron chi connectivity index (χ4n) is 2.12. The lowest BCUT2D eigenvalue weighted by atomic mass is 10.3. The van der Waals surface area contributed by atoms with Crippen molar-refractivity contribution in [2.24, 2.45) is 0 Å². The Bertz CT molecular complexity index is 867. The molecule has 1 N–H and O–H groups in total. The molecule has 1 aromatic carbocycles. The van der Waals surface area contributed by atoms with Crippen LogP contribution >= 0.6 is 0 Å². The number of ether oxygens (including phenoxy) is 2. The summed E-state index contributed by atoms with van der Waals surface area (Å²) in [5.41, 5.74) is -0.375. The lowest BCUT2D eigenvalue weighted by Crippen LogP contribution is -2.06. The number of nitro groups is 1. The van der Waals surface area contributed by atoms with Crippen molar-refractivity contribution >= 4 is 11.5 Å². The topological polar surface area (TPSA) is 113 Å². The smallest absolute Gasteiger partial charge is 0.373 e. The van der Waals surface area contributed by atoms with Crippen LogP contribution in [0.3, 0.4) is 0 Å². The number of hydrogen-bond acceptors (Lipinski definition) is 8. The van der Waals surface area contributed by atoms with Gasteiger partial charge in [-0.25, -0.2) is 4.98 Å². The molecule has 0 atom stereocenters. The molecule has 2 aromatic heterocycles. The van der Waals surface area contributed by atoms with Gasteiger partial charge < -0.3 is 19.2 Å². The third-order valence-electron chi connectivity index (χ3n) is 3.26. The zero-order chi connectivity index (χ0) is 17.6. The number of aromatic nitrogens is 2. The number of furan rings is 1. The number of methoxy groups -OCH3 is 1. The van der Waals surface area contributed by atoms with Crippen molar-refractivity contribution in [3.05, 3.63) is 64.9 Å². The Kier molecular flexibility index (Phi) is 4.74. The molecule has 9 heteroatoms. The Morgan fingerprint density at radius 2 is 2.00 bits per heavy atom. The second kappa shape index (κ2) is 7.30. The molecule has 25 heavy (non-hydrogen) atoms. The van der Waals surface area contributed by atoms with Gasteiger partial charge in [0.25, 0.3) is 0 Å². The highest BCUT2D eigenvalue weighted by molar-refractivity contribution is 5.62. The van der Waals surface area contributed by atoms with Gasteiger partial charge in [0.05, 0.1) is 24.8 Å². The average molecular weight is 342 g/mol. The van der Waals surface area contributed by atoms with Crippen LogP contribution in [-0.2, 0) is 6.54 Å². The first-order chi connectivity index (χ1) is 12.2. The molecular formula is C16H14N4O5. The zero-order valence-corrected chi connectivity index (χ0v) is 13.2. The number of anilines is 1. The van der Waals surface area contributed by atoms with Gasteiger partial charge in [0.2, 0.25) is 5.82 Å². The van der Waals surface area contributed by atoms with Crippen molar-refractivity contribution in [3.8, 4) is 17.4 Å². The summed E-state index contributed by atoms with van der Waals surface area (Å²) in [4.78, 5) is 18.7. The van der Waals surface area contributed by atoms with Crippen LogP contribution in [0.25, 0.3) is 0 Å². The van der Waals surface area contributed by atoms with Gasteiger partial charge in [-0.05, 0) is 24.3 Å². The molecular weight excluding hydrogens is 328 g/mol. The standard InChI is InChI=1S/C16H14N4O5/c1-23-12-6-2-3-7-13(12)25-16-14(20(21)22)15(18-10-19-16)17-9-11-5-4-8-24-11/h2-8,10H,9H2,1H3,(H,17,18,19). The van der Waals surface area contributed by atoms with Gasteiger partial charge in [0, 0.05) is 0 Å².